The monoisotopic (exact) mass is 521 g/mol. The number of nitrogens with zero attached hydrogens (tertiary/aromatic N) is 1. The number of hydrogen-bond acceptors (Lipinski definition) is 3. The van der Waals surface area contributed by atoms with Crippen molar-refractivity contribution in [2.45, 2.75) is 0 Å². The second-order valence-corrected chi connectivity index (χ2v) is 9.48. The maximum absolute atomic E-state index is 5.66. The minimum Gasteiger partial charge on any atom is -0.496 e. The highest BCUT2D eigenvalue weighted by atomic mass is 16.5. The van der Waals surface area contributed by atoms with Crippen LogP contribution in [0.5, 0.6) is 11.5 Å². The van der Waals surface area contributed by atoms with Gasteiger partial charge in [0.25, 0.3) is 0 Å². The molecule has 2 aromatic heterocycles. The molecule has 0 saturated heterocycles. The first-order valence-electron chi connectivity index (χ1n) is 13.2. The number of fused-ring (bicyclic) bond motifs is 2. The minimum atomic E-state index is 0.847. The van der Waals surface area contributed by atoms with Gasteiger partial charge >= 0.3 is 0 Å². The molecule has 6 rings (SSSR count). The average Bonchev–Trinajstić information content (AvgIpc) is 3.02. The Morgan fingerprint density at radius 1 is 0.600 bits per heavy atom. The molecule has 0 spiro atoms. The average molecular weight is 522 g/mol. The number of aromatic nitrogens is 2. The van der Waals surface area contributed by atoms with Gasteiger partial charge in [0.2, 0.25) is 5.69 Å². The summed E-state index contributed by atoms with van der Waals surface area (Å²) in [5.41, 5.74) is 6.03. The third kappa shape index (κ3) is 5.07. The summed E-state index contributed by atoms with van der Waals surface area (Å²) >= 11 is 0. The van der Waals surface area contributed by atoms with E-state index in [1.807, 2.05) is 36.7 Å². The summed E-state index contributed by atoms with van der Waals surface area (Å²) in [6.45, 7) is 0. The van der Waals surface area contributed by atoms with Crippen molar-refractivity contribution in [2.24, 2.45) is 0 Å². The predicted molar refractivity (Wildman–Crippen MR) is 165 cm³/mol. The number of rotatable bonds is 7. The van der Waals surface area contributed by atoms with Gasteiger partial charge < -0.3 is 9.47 Å². The van der Waals surface area contributed by atoms with Crippen molar-refractivity contribution >= 4 is 45.8 Å². The first-order chi connectivity index (χ1) is 19.7. The maximum atomic E-state index is 5.66. The number of nitrogens with one attached hydrogen (secondary N) is 1. The van der Waals surface area contributed by atoms with Gasteiger partial charge in [0, 0.05) is 29.5 Å². The van der Waals surface area contributed by atoms with E-state index in [9.17, 15) is 0 Å². The van der Waals surface area contributed by atoms with Crippen LogP contribution in [0.3, 0.4) is 0 Å². The standard InChI is InChI=1S/C36H28N2O2/c1-39-35-17-13-27-7-3-5-9-29(27)31(35)15-11-25-19-21-37-33(23-25)34-24-26(20-22-38-34)12-16-32-30-10-6-4-8-28(30)14-18-36(32)40-2/h3-24H,1-2H3/p+1/b15-11+,16-12+. The summed E-state index contributed by atoms with van der Waals surface area (Å²) < 4.78 is 11.3. The summed E-state index contributed by atoms with van der Waals surface area (Å²) in [5.74, 6) is 1.70. The van der Waals surface area contributed by atoms with Gasteiger partial charge in [0.15, 0.2) is 6.20 Å². The van der Waals surface area contributed by atoms with Crippen molar-refractivity contribution < 1.29 is 14.5 Å². The molecule has 4 aromatic carbocycles. The van der Waals surface area contributed by atoms with Crippen LogP contribution in [0.25, 0.3) is 57.2 Å². The molecule has 4 nitrogen and oxygen atoms in total. The third-order valence-corrected chi connectivity index (χ3v) is 7.07. The molecular formula is C36H29N2O2+. The summed E-state index contributed by atoms with van der Waals surface area (Å²) in [6.07, 6.45) is 12.2. The van der Waals surface area contributed by atoms with Crippen LogP contribution in [-0.4, -0.2) is 19.2 Å². The van der Waals surface area contributed by atoms with E-state index < -0.39 is 0 Å². The fourth-order valence-corrected chi connectivity index (χ4v) is 5.04. The third-order valence-electron chi connectivity index (χ3n) is 7.07. The molecule has 194 valence electrons. The van der Waals surface area contributed by atoms with Crippen LogP contribution in [0.2, 0.25) is 0 Å². The number of benzene rings is 4. The Kier molecular flexibility index (Phi) is 7.06. The number of H-pyrrole nitrogens is 1. The van der Waals surface area contributed by atoms with E-state index in [1.54, 1.807) is 14.2 Å². The zero-order valence-corrected chi connectivity index (χ0v) is 22.5. The van der Waals surface area contributed by atoms with Gasteiger partial charge in [-0.2, -0.15) is 0 Å². The van der Waals surface area contributed by atoms with Crippen molar-refractivity contribution in [1.29, 1.82) is 0 Å². The highest BCUT2D eigenvalue weighted by molar-refractivity contribution is 5.96. The molecular weight excluding hydrogens is 492 g/mol. The molecule has 0 unspecified atom stereocenters. The van der Waals surface area contributed by atoms with Gasteiger partial charge in [-0.3, -0.25) is 0 Å². The topological polar surface area (TPSA) is 45.5 Å². The molecule has 2 heterocycles. The van der Waals surface area contributed by atoms with Crippen molar-refractivity contribution in [1.82, 2.24) is 4.98 Å². The highest BCUT2D eigenvalue weighted by Crippen LogP contribution is 2.31. The molecule has 4 heteroatoms. The lowest BCUT2D eigenvalue weighted by Gasteiger charge is -2.09. The lowest BCUT2D eigenvalue weighted by Crippen LogP contribution is -2.06. The minimum absolute atomic E-state index is 0.847. The van der Waals surface area contributed by atoms with Crippen LogP contribution in [0.1, 0.15) is 22.3 Å². The first-order valence-corrected chi connectivity index (χ1v) is 13.2. The van der Waals surface area contributed by atoms with Crippen LogP contribution in [0.15, 0.2) is 109 Å². The molecule has 0 radical (unpaired) electrons. The van der Waals surface area contributed by atoms with E-state index in [4.69, 9.17) is 9.47 Å². The number of ether oxygens (including phenoxy) is 2. The summed E-state index contributed by atoms with van der Waals surface area (Å²) in [7, 11) is 3.42. The van der Waals surface area contributed by atoms with Crippen molar-refractivity contribution in [3.8, 4) is 22.9 Å². The van der Waals surface area contributed by atoms with E-state index in [0.29, 0.717) is 0 Å². The Bertz CT molecular complexity index is 1750. The smallest absolute Gasteiger partial charge is 0.230 e. The fourth-order valence-electron chi connectivity index (χ4n) is 5.04. The normalized spacial score (nSPS) is 11.6. The SMILES string of the molecule is COc1ccc2ccccc2c1/C=C/c1ccnc(-c2cc(/C=C/c3c(OC)ccc4ccccc34)cc[nH+]2)c1. The van der Waals surface area contributed by atoms with Crippen LogP contribution in [0, 0.1) is 0 Å². The molecule has 6 aromatic rings. The Morgan fingerprint density at radius 3 is 1.77 bits per heavy atom. The summed E-state index contributed by atoms with van der Waals surface area (Å²) in [5, 5.41) is 4.67. The Morgan fingerprint density at radius 2 is 1.18 bits per heavy atom. The first kappa shape index (κ1) is 25.1. The van der Waals surface area contributed by atoms with Gasteiger partial charge in [-0.25, -0.2) is 9.97 Å². The molecule has 1 N–H and O–H groups in total. The zero-order chi connectivity index (χ0) is 27.3. The molecule has 0 aliphatic heterocycles. The molecule has 40 heavy (non-hydrogen) atoms. The maximum Gasteiger partial charge on any atom is 0.230 e. The van der Waals surface area contributed by atoms with Gasteiger partial charge in [0.05, 0.1) is 14.2 Å². The summed E-state index contributed by atoms with van der Waals surface area (Å²) in [4.78, 5) is 8.00. The van der Waals surface area contributed by atoms with Crippen LogP contribution in [-0.2, 0) is 0 Å². The van der Waals surface area contributed by atoms with Gasteiger partial charge in [-0.05, 0) is 56.9 Å². The van der Waals surface area contributed by atoms with E-state index >= 15 is 0 Å². The van der Waals surface area contributed by atoms with Crippen LogP contribution in [0.4, 0.5) is 0 Å². The Labute approximate surface area is 233 Å². The Balaban J connectivity index is 1.31. The quantitative estimate of drug-likeness (QED) is 0.213. The second kappa shape index (κ2) is 11.3. The van der Waals surface area contributed by atoms with E-state index in [2.05, 4.69) is 107 Å². The molecule has 0 atom stereocenters. The lowest BCUT2D eigenvalue weighted by atomic mass is 10.0. The lowest BCUT2D eigenvalue weighted by molar-refractivity contribution is -0.364. The van der Waals surface area contributed by atoms with Gasteiger partial charge in [-0.15, -0.1) is 0 Å². The van der Waals surface area contributed by atoms with Crippen molar-refractivity contribution in [2.75, 3.05) is 14.2 Å². The van der Waals surface area contributed by atoms with E-state index in [0.717, 1.165) is 55.9 Å². The molecule has 0 fully saturated rings. The van der Waals surface area contributed by atoms with Crippen molar-refractivity contribution in [3.05, 3.63) is 132 Å². The highest BCUT2D eigenvalue weighted by Gasteiger charge is 2.10. The molecule has 0 aliphatic rings. The predicted octanol–water partition coefficient (Wildman–Crippen LogP) is 8.23. The number of hydrogen-bond donors (Lipinski definition) is 0. The molecule has 0 bridgehead atoms. The number of aromatic amines is 1. The van der Waals surface area contributed by atoms with Crippen LogP contribution >= 0.6 is 0 Å². The van der Waals surface area contributed by atoms with Gasteiger partial charge in [0.1, 0.15) is 17.2 Å². The largest absolute Gasteiger partial charge is 0.496 e. The summed E-state index contributed by atoms with van der Waals surface area (Å²) in [6, 6.07) is 33.1. The zero-order valence-electron chi connectivity index (χ0n) is 22.5. The van der Waals surface area contributed by atoms with E-state index in [1.165, 1.54) is 10.8 Å². The second-order valence-electron chi connectivity index (χ2n) is 9.48. The molecule has 0 saturated carbocycles. The molecule has 0 amide bonds. The fraction of sp³-hybridized carbons (Fsp3) is 0.0556. The van der Waals surface area contributed by atoms with Crippen LogP contribution < -0.4 is 14.5 Å². The number of pyridine rings is 2. The molecule has 0 aliphatic carbocycles. The van der Waals surface area contributed by atoms with E-state index in [-0.39, 0.29) is 0 Å². The van der Waals surface area contributed by atoms with Crippen molar-refractivity contribution in [3.63, 3.8) is 0 Å². The number of methoxy groups -OCH3 is 2. The Hall–Kier alpha value is -5.22. The van der Waals surface area contributed by atoms with Gasteiger partial charge in [-0.1, -0.05) is 85.0 Å².